The fraction of sp³-hybridized carbons (Fsp3) is 0.357. The van der Waals surface area contributed by atoms with Gasteiger partial charge >= 0.3 is 0 Å². The maximum atomic E-state index is 12.3. The van der Waals surface area contributed by atoms with Gasteiger partial charge in [-0.3, -0.25) is 15.1 Å². The van der Waals surface area contributed by atoms with Gasteiger partial charge in [-0.1, -0.05) is 0 Å². The predicted molar refractivity (Wildman–Crippen MR) is 80.1 cm³/mol. The first kappa shape index (κ1) is 13.1. The monoisotopic (exact) mass is 288 g/mol. The number of nitrogens with one attached hydrogen (secondary N) is 1. The van der Waals surface area contributed by atoms with E-state index in [9.17, 15) is 4.79 Å². The number of hydrogen-bond donors (Lipinski definition) is 2. The van der Waals surface area contributed by atoms with Crippen molar-refractivity contribution >= 4 is 28.1 Å². The summed E-state index contributed by atoms with van der Waals surface area (Å²) in [6, 6.07) is 1.64. The third-order valence-corrected chi connectivity index (χ3v) is 4.49. The second-order valence-electron chi connectivity index (χ2n) is 4.95. The van der Waals surface area contributed by atoms with Crippen LogP contribution in [0.5, 0.6) is 0 Å². The largest absolute Gasteiger partial charge is 0.397 e. The van der Waals surface area contributed by atoms with Crippen LogP contribution in [0, 0.1) is 6.92 Å². The number of hydrogen-bond acceptors (Lipinski definition) is 5. The summed E-state index contributed by atoms with van der Waals surface area (Å²) in [5.74, 6) is -0.201. The number of pyridine rings is 1. The third kappa shape index (κ3) is 2.51. The number of rotatable bonds is 2. The molecule has 1 aliphatic carbocycles. The fourth-order valence-electron chi connectivity index (χ4n) is 2.35. The smallest absolute Gasteiger partial charge is 0.259 e. The normalized spacial score (nSPS) is 13.8. The van der Waals surface area contributed by atoms with E-state index < -0.39 is 0 Å². The van der Waals surface area contributed by atoms with E-state index in [4.69, 9.17) is 5.73 Å². The summed E-state index contributed by atoms with van der Waals surface area (Å²) in [6.07, 6.45) is 6.03. The highest BCUT2D eigenvalue weighted by Crippen LogP contribution is 2.29. The minimum absolute atomic E-state index is 0.201. The van der Waals surface area contributed by atoms with Crippen molar-refractivity contribution in [3.8, 4) is 0 Å². The zero-order valence-corrected chi connectivity index (χ0v) is 12.1. The standard InChI is InChI=1S/C14H16N4OS/c1-8-10(6-9(15)7-16-8)13(19)18-14-17-11-4-2-3-5-12(11)20-14/h6-7H,2-5,15H2,1H3,(H,17,18,19). The summed E-state index contributed by atoms with van der Waals surface area (Å²) in [6.45, 7) is 1.79. The van der Waals surface area contributed by atoms with Crippen LogP contribution in [0.15, 0.2) is 12.3 Å². The molecule has 1 aliphatic rings. The molecular weight excluding hydrogens is 272 g/mol. The number of nitrogens with zero attached hydrogens (tertiary/aromatic N) is 2. The molecule has 1 amide bonds. The molecule has 104 valence electrons. The van der Waals surface area contributed by atoms with Crippen LogP contribution in [-0.2, 0) is 12.8 Å². The number of anilines is 2. The molecule has 20 heavy (non-hydrogen) atoms. The number of amides is 1. The van der Waals surface area contributed by atoms with Gasteiger partial charge < -0.3 is 5.73 Å². The molecule has 6 heteroatoms. The van der Waals surface area contributed by atoms with Gasteiger partial charge in [0.25, 0.3) is 5.91 Å². The Kier molecular flexibility index (Phi) is 3.40. The SMILES string of the molecule is Cc1ncc(N)cc1C(=O)Nc1nc2c(s1)CCCC2. The maximum absolute atomic E-state index is 12.3. The van der Waals surface area contributed by atoms with Crippen molar-refractivity contribution in [2.45, 2.75) is 32.6 Å². The molecule has 0 aromatic carbocycles. The summed E-state index contributed by atoms with van der Waals surface area (Å²) in [5.41, 5.74) is 8.47. The number of carbonyl (C=O) groups excluding carboxylic acids is 1. The highest BCUT2D eigenvalue weighted by atomic mass is 32.1. The van der Waals surface area contributed by atoms with Crippen LogP contribution in [-0.4, -0.2) is 15.9 Å². The quantitative estimate of drug-likeness (QED) is 0.890. The van der Waals surface area contributed by atoms with Gasteiger partial charge in [0.05, 0.1) is 28.8 Å². The summed E-state index contributed by atoms with van der Waals surface area (Å²) >= 11 is 1.57. The van der Waals surface area contributed by atoms with E-state index in [1.807, 2.05) is 0 Å². The van der Waals surface area contributed by atoms with Gasteiger partial charge in [-0.25, -0.2) is 4.98 Å². The lowest BCUT2D eigenvalue weighted by Crippen LogP contribution is -2.14. The van der Waals surface area contributed by atoms with Gasteiger partial charge in [-0.15, -0.1) is 11.3 Å². The third-order valence-electron chi connectivity index (χ3n) is 3.42. The van der Waals surface area contributed by atoms with Crippen LogP contribution in [0.25, 0.3) is 0 Å². The van der Waals surface area contributed by atoms with Crippen molar-refractivity contribution in [2.75, 3.05) is 11.1 Å². The lowest BCUT2D eigenvalue weighted by Gasteiger charge is -2.06. The van der Waals surface area contributed by atoms with E-state index in [1.165, 1.54) is 17.7 Å². The number of aryl methyl sites for hydroxylation is 3. The fourth-order valence-corrected chi connectivity index (χ4v) is 3.39. The Bertz CT molecular complexity index is 642. The van der Waals surface area contributed by atoms with Gasteiger partial charge in [0.1, 0.15) is 0 Å². The van der Waals surface area contributed by atoms with Crippen molar-refractivity contribution in [2.24, 2.45) is 0 Å². The molecule has 0 fully saturated rings. The molecular formula is C14H16N4OS. The molecule has 0 bridgehead atoms. The maximum Gasteiger partial charge on any atom is 0.259 e. The Morgan fingerprint density at radius 2 is 2.20 bits per heavy atom. The van der Waals surface area contributed by atoms with Crippen LogP contribution in [0.3, 0.4) is 0 Å². The van der Waals surface area contributed by atoms with Gasteiger partial charge in [0.15, 0.2) is 5.13 Å². The highest BCUT2D eigenvalue weighted by molar-refractivity contribution is 7.15. The van der Waals surface area contributed by atoms with Crippen molar-refractivity contribution < 1.29 is 4.79 Å². The number of nitrogens with two attached hydrogens (primary N) is 1. The topological polar surface area (TPSA) is 80.9 Å². The summed E-state index contributed by atoms with van der Waals surface area (Å²) in [7, 11) is 0. The number of aromatic nitrogens is 2. The van der Waals surface area contributed by atoms with Gasteiger partial charge in [0.2, 0.25) is 0 Å². The van der Waals surface area contributed by atoms with Crippen LogP contribution >= 0.6 is 11.3 Å². The Labute approximate surface area is 121 Å². The zero-order chi connectivity index (χ0) is 14.1. The molecule has 0 aliphatic heterocycles. The van der Waals surface area contributed by atoms with Gasteiger partial charge in [-0.05, 0) is 38.7 Å². The van der Waals surface area contributed by atoms with E-state index in [2.05, 4.69) is 15.3 Å². The molecule has 2 aromatic rings. The number of fused-ring (bicyclic) bond motifs is 1. The van der Waals surface area contributed by atoms with Crippen LogP contribution in [0.2, 0.25) is 0 Å². The number of nitrogen functional groups attached to an aromatic ring is 1. The summed E-state index contributed by atoms with van der Waals surface area (Å²) in [4.78, 5) is 22.2. The van der Waals surface area contributed by atoms with Crippen molar-refractivity contribution in [1.29, 1.82) is 0 Å². The lowest BCUT2D eigenvalue weighted by atomic mass is 10.0. The summed E-state index contributed by atoms with van der Waals surface area (Å²) in [5, 5.41) is 3.53. The second-order valence-corrected chi connectivity index (χ2v) is 6.04. The van der Waals surface area contributed by atoms with Gasteiger partial charge in [0, 0.05) is 4.88 Å². The van der Waals surface area contributed by atoms with Crippen molar-refractivity contribution in [3.05, 3.63) is 34.1 Å². The molecule has 3 N–H and O–H groups in total. The van der Waals surface area contributed by atoms with Crippen LogP contribution in [0.1, 0.15) is 39.5 Å². The Morgan fingerprint density at radius 1 is 1.40 bits per heavy atom. The Hall–Kier alpha value is -1.95. The van der Waals surface area contributed by atoms with Crippen molar-refractivity contribution in [1.82, 2.24) is 9.97 Å². The molecule has 3 rings (SSSR count). The lowest BCUT2D eigenvalue weighted by molar-refractivity contribution is 0.102. The molecule has 0 saturated carbocycles. The molecule has 0 saturated heterocycles. The van der Waals surface area contributed by atoms with E-state index in [1.54, 1.807) is 30.5 Å². The first-order valence-electron chi connectivity index (χ1n) is 6.65. The molecule has 5 nitrogen and oxygen atoms in total. The van der Waals surface area contributed by atoms with E-state index in [0.717, 1.165) is 18.5 Å². The zero-order valence-electron chi connectivity index (χ0n) is 11.3. The minimum atomic E-state index is -0.201. The molecule has 0 radical (unpaired) electrons. The highest BCUT2D eigenvalue weighted by Gasteiger charge is 2.17. The average molecular weight is 288 g/mol. The second kappa shape index (κ2) is 5.20. The molecule has 0 spiro atoms. The molecule has 0 atom stereocenters. The summed E-state index contributed by atoms with van der Waals surface area (Å²) < 4.78 is 0. The van der Waals surface area contributed by atoms with Crippen LogP contribution < -0.4 is 11.1 Å². The Morgan fingerprint density at radius 3 is 3.00 bits per heavy atom. The average Bonchev–Trinajstić information content (AvgIpc) is 2.83. The number of thiazole rings is 1. The number of carbonyl (C=O) groups is 1. The molecule has 2 aromatic heterocycles. The minimum Gasteiger partial charge on any atom is -0.397 e. The first-order chi connectivity index (χ1) is 9.63. The van der Waals surface area contributed by atoms with Gasteiger partial charge in [-0.2, -0.15) is 0 Å². The molecule has 2 heterocycles. The Balaban J connectivity index is 1.82. The van der Waals surface area contributed by atoms with Crippen LogP contribution in [0.4, 0.5) is 10.8 Å². The van der Waals surface area contributed by atoms with E-state index >= 15 is 0 Å². The molecule has 0 unspecified atom stereocenters. The van der Waals surface area contributed by atoms with E-state index in [0.29, 0.717) is 22.1 Å². The first-order valence-corrected chi connectivity index (χ1v) is 7.47. The van der Waals surface area contributed by atoms with Crippen molar-refractivity contribution in [3.63, 3.8) is 0 Å². The van der Waals surface area contributed by atoms with E-state index in [-0.39, 0.29) is 5.91 Å². The predicted octanol–water partition coefficient (Wildman–Crippen LogP) is 2.56.